The van der Waals surface area contributed by atoms with Crippen molar-refractivity contribution < 1.29 is 8.78 Å². The summed E-state index contributed by atoms with van der Waals surface area (Å²) >= 11 is 5.54. The fraction of sp³-hybridized carbons (Fsp3) is 0.250. The van der Waals surface area contributed by atoms with Gasteiger partial charge in [0.2, 0.25) is 0 Å². The first kappa shape index (κ1) is 10.8. The average molecular weight is 218 g/mol. The van der Waals surface area contributed by atoms with E-state index in [1.54, 1.807) is 6.07 Å². The van der Waals surface area contributed by atoms with Crippen molar-refractivity contribution >= 4 is 11.6 Å². The van der Waals surface area contributed by atoms with Crippen molar-refractivity contribution in [3.05, 3.63) is 28.0 Å². The van der Waals surface area contributed by atoms with E-state index in [0.29, 0.717) is 0 Å². The standard InChI is InChI=1S/C8H6ClF2N3/c9-5-1-4(8(10)11)6(2-12)14-7(5)3-13/h1,8H,2,12H2. The molecule has 3 nitrogen and oxygen atoms in total. The van der Waals surface area contributed by atoms with Crippen LogP contribution < -0.4 is 5.73 Å². The number of alkyl halides is 2. The van der Waals surface area contributed by atoms with Crippen molar-refractivity contribution in [1.29, 1.82) is 5.26 Å². The Kier molecular flexibility index (Phi) is 3.33. The van der Waals surface area contributed by atoms with Gasteiger partial charge in [-0.15, -0.1) is 0 Å². The minimum Gasteiger partial charge on any atom is -0.325 e. The highest BCUT2D eigenvalue weighted by molar-refractivity contribution is 6.31. The van der Waals surface area contributed by atoms with Gasteiger partial charge in [-0.1, -0.05) is 11.6 Å². The first-order valence-corrected chi connectivity index (χ1v) is 4.05. The van der Waals surface area contributed by atoms with Gasteiger partial charge in [-0.25, -0.2) is 13.8 Å². The van der Waals surface area contributed by atoms with Gasteiger partial charge in [0, 0.05) is 12.1 Å². The fourth-order valence-electron chi connectivity index (χ4n) is 0.972. The number of hydrogen-bond donors (Lipinski definition) is 1. The number of hydrogen-bond acceptors (Lipinski definition) is 3. The molecule has 0 spiro atoms. The maximum Gasteiger partial charge on any atom is 0.265 e. The van der Waals surface area contributed by atoms with Crippen LogP contribution in [0.25, 0.3) is 0 Å². The fourth-order valence-corrected chi connectivity index (χ4v) is 1.17. The van der Waals surface area contributed by atoms with E-state index in [0.717, 1.165) is 6.07 Å². The Morgan fingerprint density at radius 1 is 1.64 bits per heavy atom. The van der Waals surface area contributed by atoms with Crippen molar-refractivity contribution in [2.75, 3.05) is 0 Å². The molecule has 1 heterocycles. The summed E-state index contributed by atoms with van der Waals surface area (Å²) in [6.45, 7) is -0.147. The molecule has 0 saturated carbocycles. The first-order chi connectivity index (χ1) is 6.60. The Hall–Kier alpha value is -1.25. The van der Waals surface area contributed by atoms with Gasteiger partial charge in [-0.05, 0) is 6.07 Å². The molecule has 74 valence electrons. The van der Waals surface area contributed by atoms with Gasteiger partial charge in [0.15, 0.2) is 5.69 Å². The zero-order valence-electron chi connectivity index (χ0n) is 6.97. The highest BCUT2D eigenvalue weighted by atomic mass is 35.5. The van der Waals surface area contributed by atoms with E-state index >= 15 is 0 Å². The van der Waals surface area contributed by atoms with Crippen LogP contribution in [-0.2, 0) is 6.54 Å². The summed E-state index contributed by atoms with van der Waals surface area (Å²) in [6.07, 6.45) is -2.69. The van der Waals surface area contributed by atoms with Crippen LogP contribution in [0.5, 0.6) is 0 Å². The van der Waals surface area contributed by atoms with E-state index in [1.807, 2.05) is 0 Å². The second-order valence-corrected chi connectivity index (χ2v) is 2.88. The number of rotatable bonds is 2. The summed E-state index contributed by atoms with van der Waals surface area (Å²) in [6, 6.07) is 2.72. The highest BCUT2D eigenvalue weighted by Gasteiger charge is 2.16. The van der Waals surface area contributed by atoms with Gasteiger partial charge in [-0.3, -0.25) is 0 Å². The maximum absolute atomic E-state index is 12.4. The molecule has 0 saturated heterocycles. The van der Waals surface area contributed by atoms with Crippen LogP contribution in [0.2, 0.25) is 5.02 Å². The van der Waals surface area contributed by atoms with E-state index in [9.17, 15) is 8.78 Å². The number of nitrogens with two attached hydrogens (primary N) is 1. The molecule has 1 rings (SSSR count). The van der Waals surface area contributed by atoms with Crippen LogP contribution in [0, 0.1) is 11.3 Å². The van der Waals surface area contributed by atoms with Crippen LogP contribution in [0.4, 0.5) is 8.78 Å². The lowest BCUT2D eigenvalue weighted by molar-refractivity contribution is 0.149. The molecule has 0 radical (unpaired) electrons. The van der Waals surface area contributed by atoms with Crippen molar-refractivity contribution in [2.24, 2.45) is 5.73 Å². The average Bonchev–Trinajstić information content (AvgIpc) is 2.17. The molecule has 0 amide bonds. The van der Waals surface area contributed by atoms with Gasteiger partial charge in [0.1, 0.15) is 6.07 Å². The van der Waals surface area contributed by atoms with E-state index < -0.39 is 6.43 Å². The van der Waals surface area contributed by atoms with E-state index in [4.69, 9.17) is 22.6 Å². The lowest BCUT2D eigenvalue weighted by atomic mass is 10.2. The van der Waals surface area contributed by atoms with Crippen molar-refractivity contribution in [1.82, 2.24) is 4.98 Å². The minimum atomic E-state index is -2.69. The summed E-state index contributed by atoms with van der Waals surface area (Å²) in [5, 5.41) is 8.46. The second kappa shape index (κ2) is 4.31. The Morgan fingerprint density at radius 3 is 2.71 bits per heavy atom. The monoisotopic (exact) mass is 217 g/mol. The van der Waals surface area contributed by atoms with Gasteiger partial charge in [0.05, 0.1) is 10.7 Å². The number of pyridine rings is 1. The summed E-state index contributed by atoms with van der Waals surface area (Å²) in [7, 11) is 0. The Labute approximate surface area is 84.1 Å². The van der Waals surface area contributed by atoms with Crippen LogP contribution >= 0.6 is 11.6 Å². The van der Waals surface area contributed by atoms with E-state index in [2.05, 4.69) is 4.98 Å². The van der Waals surface area contributed by atoms with Crippen molar-refractivity contribution in [3.8, 4) is 6.07 Å². The predicted octanol–water partition coefficient (Wildman–Crippen LogP) is 2.00. The molecule has 0 unspecified atom stereocenters. The lowest BCUT2D eigenvalue weighted by Crippen LogP contribution is -2.06. The van der Waals surface area contributed by atoms with E-state index in [-0.39, 0.29) is 28.5 Å². The molecule has 0 fully saturated rings. The van der Waals surface area contributed by atoms with Gasteiger partial charge in [-0.2, -0.15) is 5.26 Å². The third-order valence-electron chi connectivity index (χ3n) is 1.62. The predicted molar refractivity (Wildman–Crippen MR) is 46.8 cm³/mol. The molecule has 1 aromatic heterocycles. The molecular formula is C8H6ClF2N3. The van der Waals surface area contributed by atoms with Crippen LogP contribution in [0.15, 0.2) is 6.07 Å². The largest absolute Gasteiger partial charge is 0.325 e. The second-order valence-electron chi connectivity index (χ2n) is 2.47. The topological polar surface area (TPSA) is 62.7 Å². The Morgan fingerprint density at radius 2 is 2.29 bits per heavy atom. The summed E-state index contributed by atoms with van der Waals surface area (Å²) in [5.74, 6) is 0. The van der Waals surface area contributed by atoms with E-state index in [1.165, 1.54) is 0 Å². The number of halogens is 3. The van der Waals surface area contributed by atoms with Crippen LogP contribution in [0.3, 0.4) is 0 Å². The normalized spacial score (nSPS) is 10.3. The molecule has 0 aliphatic carbocycles. The molecule has 0 aromatic carbocycles. The number of nitrogens with zero attached hydrogens (tertiary/aromatic N) is 2. The van der Waals surface area contributed by atoms with Crippen molar-refractivity contribution in [2.45, 2.75) is 13.0 Å². The molecule has 0 atom stereocenters. The third kappa shape index (κ3) is 1.97. The first-order valence-electron chi connectivity index (χ1n) is 3.67. The molecule has 6 heteroatoms. The lowest BCUT2D eigenvalue weighted by Gasteiger charge is -2.06. The Bertz CT molecular complexity index is 387. The summed E-state index contributed by atoms with van der Waals surface area (Å²) in [4.78, 5) is 3.63. The zero-order valence-corrected chi connectivity index (χ0v) is 7.72. The minimum absolute atomic E-state index is 0.000880. The number of aromatic nitrogens is 1. The molecule has 0 bridgehead atoms. The van der Waals surface area contributed by atoms with Gasteiger partial charge >= 0.3 is 0 Å². The molecule has 0 aliphatic heterocycles. The SMILES string of the molecule is N#Cc1nc(CN)c(C(F)F)cc1Cl. The molecule has 2 N–H and O–H groups in total. The quantitative estimate of drug-likeness (QED) is 0.824. The van der Waals surface area contributed by atoms with Crippen LogP contribution in [-0.4, -0.2) is 4.98 Å². The molecule has 1 aromatic rings. The number of nitriles is 1. The highest BCUT2D eigenvalue weighted by Crippen LogP contribution is 2.26. The Balaban J connectivity index is 3.33. The summed E-state index contributed by atoms with van der Waals surface area (Å²) < 4.78 is 24.8. The smallest absolute Gasteiger partial charge is 0.265 e. The van der Waals surface area contributed by atoms with Crippen molar-refractivity contribution in [3.63, 3.8) is 0 Å². The van der Waals surface area contributed by atoms with Gasteiger partial charge < -0.3 is 5.73 Å². The molecule has 0 aliphatic rings. The molecule has 14 heavy (non-hydrogen) atoms. The maximum atomic E-state index is 12.4. The summed E-state index contributed by atoms with van der Waals surface area (Å²) in [5.41, 5.74) is 4.81. The zero-order chi connectivity index (χ0) is 10.7. The van der Waals surface area contributed by atoms with Gasteiger partial charge in [0.25, 0.3) is 6.43 Å². The molecular weight excluding hydrogens is 212 g/mol. The third-order valence-corrected chi connectivity index (χ3v) is 1.91. The van der Waals surface area contributed by atoms with Crippen LogP contribution in [0.1, 0.15) is 23.4 Å².